The van der Waals surface area contributed by atoms with Gasteiger partial charge in [-0.25, -0.2) is 17.8 Å². The van der Waals surface area contributed by atoms with Crippen molar-refractivity contribution in [1.82, 2.24) is 14.2 Å². The van der Waals surface area contributed by atoms with E-state index >= 15 is 0 Å². The molecule has 1 N–H and O–H groups in total. The van der Waals surface area contributed by atoms with Crippen molar-refractivity contribution in [3.63, 3.8) is 0 Å². The van der Waals surface area contributed by atoms with Crippen LogP contribution in [0.3, 0.4) is 0 Å². The third kappa shape index (κ3) is 6.58. The summed E-state index contributed by atoms with van der Waals surface area (Å²) in [6.45, 7) is 4.60. The highest BCUT2D eigenvalue weighted by molar-refractivity contribution is 7.89. The average molecular weight is 538 g/mol. The topological polar surface area (TPSA) is 83.0 Å². The normalized spacial score (nSPS) is 19.8. The Bertz CT molecular complexity index is 1410. The molecule has 0 saturated carbocycles. The van der Waals surface area contributed by atoms with Crippen LogP contribution in [0.25, 0.3) is 0 Å². The van der Waals surface area contributed by atoms with Gasteiger partial charge in [-0.1, -0.05) is 31.0 Å². The fourth-order valence-electron chi connectivity index (χ4n) is 4.37. The van der Waals surface area contributed by atoms with Crippen LogP contribution in [0.15, 0.2) is 71.8 Å². The summed E-state index contributed by atoms with van der Waals surface area (Å²) in [5.74, 6) is 5.78. The van der Waals surface area contributed by atoms with E-state index in [1.807, 2.05) is 26.1 Å². The fourth-order valence-corrected chi connectivity index (χ4v) is 6.19. The number of likely N-dealkylation sites (N-methyl/N-ethyl adjacent to an activating group) is 1. The minimum absolute atomic E-state index is 0.0410. The molecule has 0 spiro atoms. The first-order valence-electron chi connectivity index (χ1n) is 12.5. The lowest BCUT2D eigenvalue weighted by atomic mass is 10.0. The van der Waals surface area contributed by atoms with Crippen LogP contribution in [0, 0.1) is 23.6 Å². The van der Waals surface area contributed by atoms with Crippen LogP contribution in [-0.2, 0) is 16.6 Å². The first-order chi connectivity index (χ1) is 18.2. The molecule has 9 heteroatoms. The molecule has 3 atom stereocenters. The molecule has 0 saturated heterocycles. The number of aliphatic hydroxyl groups excluding tert-OH is 1. The second kappa shape index (κ2) is 12.0. The second-order valence-electron chi connectivity index (χ2n) is 9.69. The van der Waals surface area contributed by atoms with Gasteiger partial charge >= 0.3 is 0 Å². The van der Waals surface area contributed by atoms with Gasteiger partial charge in [0.15, 0.2) is 0 Å². The van der Waals surface area contributed by atoms with Crippen LogP contribution < -0.4 is 4.74 Å². The fraction of sp³-hybridized carbons (Fsp3) is 0.345. The van der Waals surface area contributed by atoms with Crippen LogP contribution in [0.5, 0.6) is 5.75 Å². The van der Waals surface area contributed by atoms with Crippen molar-refractivity contribution < 1.29 is 22.7 Å². The number of aliphatic hydroxyl groups is 1. The SMILES string of the molecule is C[C@@H]1CN([C@@H](C)CO)S(=O)(=O)c2ccc(C#Cc3ccccn3)cc2O[C@H]1CN(C)Cc1ccc(F)cc1. The van der Waals surface area contributed by atoms with Gasteiger partial charge in [0.1, 0.15) is 28.3 Å². The first kappa shape index (κ1) is 27.7. The summed E-state index contributed by atoms with van der Waals surface area (Å²) in [5, 5.41) is 9.84. The maximum Gasteiger partial charge on any atom is 0.247 e. The highest BCUT2D eigenvalue weighted by Gasteiger charge is 2.38. The van der Waals surface area contributed by atoms with E-state index in [9.17, 15) is 17.9 Å². The number of hydrogen-bond donors (Lipinski definition) is 1. The van der Waals surface area contributed by atoms with Gasteiger partial charge in [-0.05, 0) is 67.9 Å². The Labute approximate surface area is 223 Å². The summed E-state index contributed by atoms with van der Waals surface area (Å²) < 4.78 is 48.4. The van der Waals surface area contributed by atoms with Crippen molar-refractivity contribution >= 4 is 10.0 Å². The van der Waals surface area contributed by atoms with Crippen LogP contribution >= 0.6 is 0 Å². The van der Waals surface area contributed by atoms with E-state index in [-0.39, 0.29) is 41.6 Å². The third-order valence-electron chi connectivity index (χ3n) is 6.52. The summed E-state index contributed by atoms with van der Waals surface area (Å²) in [5.41, 5.74) is 2.15. The lowest BCUT2D eigenvalue weighted by Crippen LogP contribution is -2.49. The lowest BCUT2D eigenvalue weighted by molar-refractivity contribution is 0.0733. The van der Waals surface area contributed by atoms with Crippen LogP contribution in [0.4, 0.5) is 4.39 Å². The van der Waals surface area contributed by atoms with Crippen molar-refractivity contribution in [3.05, 3.63) is 89.5 Å². The molecule has 0 fully saturated rings. The number of rotatable bonds is 6. The van der Waals surface area contributed by atoms with Gasteiger partial charge in [0.2, 0.25) is 10.0 Å². The van der Waals surface area contributed by atoms with E-state index in [2.05, 4.69) is 21.7 Å². The van der Waals surface area contributed by atoms with Gasteiger partial charge in [0.25, 0.3) is 0 Å². The zero-order valence-electron chi connectivity index (χ0n) is 21.7. The molecular weight excluding hydrogens is 505 g/mol. The van der Waals surface area contributed by atoms with Gasteiger partial charge in [0, 0.05) is 43.4 Å². The Hall–Kier alpha value is -3.29. The number of sulfonamides is 1. The molecule has 200 valence electrons. The molecule has 0 unspecified atom stereocenters. The smallest absolute Gasteiger partial charge is 0.247 e. The van der Waals surface area contributed by atoms with Gasteiger partial charge < -0.3 is 9.84 Å². The van der Waals surface area contributed by atoms with Crippen LogP contribution in [0.2, 0.25) is 0 Å². The van der Waals surface area contributed by atoms with Crippen molar-refractivity contribution in [1.29, 1.82) is 0 Å². The van der Waals surface area contributed by atoms with Crippen molar-refractivity contribution in [2.24, 2.45) is 5.92 Å². The summed E-state index contributed by atoms with van der Waals surface area (Å²) in [4.78, 5) is 6.31. The Morgan fingerprint density at radius 1 is 1.18 bits per heavy atom. The number of halogens is 1. The standard InChI is InChI=1S/C29H32FN3O4S/c1-21-17-33(22(2)20-34)38(35,36)29-14-10-23(9-13-26-6-4-5-15-31-26)16-27(29)37-28(21)19-32(3)18-24-7-11-25(30)12-8-24/h4-8,10-12,14-16,21-22,28,34H,17-20H2,1-3H3/t21-,22+,28+/m1/s1. The molecule has 0 bridgehead atoms. The van der Waals surface area contributed by atoms with E-state index in [4.69, 9.17) is 4.74 Å². The predicted octanol–water partition coefficient (Wildman–Crippen LogP) is 3.52. The molecule has 38 heavy (non-hydrogen) atoms. The molecule has 1 aromatic heterocycles. The quantitative estimate of drug-likeness (QED) is 0.485. The molecular formula is C29H32FN3O4S. The van der Waals surface area contributed by atoms with E-state index < -0.39 is 16.1 Å². The second-order valence-corrected chi connectivity index (χ2v) is 11.5. The third-order valence-corrected chi connectivity index (χ3v) is 8.54. The summed E-state index contributed by atoms with van der Waals surface area (Å²) in [7, 11) is -1.99. The Morgan fingerprint density at radius 2 is 1.95 bits per heavy atom. The largest absolute Gasteiger partial charge is 0.487 e. The zero-order valence-corrected chi connectivity index (χ0v) is 22.5. The van der Waals surface area contributed by atoms with Crippen molar-refractivity contribution in [2.75, 3.05) is 26.7 Å². The van der Waals surface area contributed by atoms with E-state index in [1.54, 1.807) is 43.5 Å². The van der Waals surface area contributed by atoms with Crippen LogP contribution in [-0.4, -0.2) is 66.6 Å². The monoisotopic (exact) mass is 537 g/mol. The molecule has 4 rings (SSSR count). The minimum atomic E-state index is -3.94. The molecule has 1 aliphatic heterocycles. The Kier molecular flexibility index (Phi) is 8.80. The number of fused-ring (bicyclic) bond motifs is 1. The lowest BCUT2D eigenvalue weighted by Gasteiger charge is -2.37. The number of hydrogen-bond acceptors (Lipinski definition) is 6. The Morgan fingerprint density at radius 3 is 2.63 bits per heavy atom. The van der Waals surface area contributed by atoms with E-state index in [0.717, 1.165) is 5.56 Å². The summed E-state index contributed by atoms with van der Waals surface area (Å²) in [6, 6.07) is 16.0. The molecule has 2 aromatic carbocycles. The molecule has 2 heterocycles. The van der Waals surface area contributed by atoms with Gasteiger partial charge in [-0.3, -0.25) is 4.90 Å². The van der Waals surface area contributed by atoms with Gasteiger partial charge in [-0.2, -0.15) is 4.31 Å². The number of pyridine rings is 1. The van der Waals surface area contributed by atoms with Crippen LogP contribution in [0.1, 0.15) is 30.7 Å². The molecule has 1 aliphatic rings. The highest BCUT2D eigenvalue weighted by Crippen LogP contribution is 2.34. The van der Waals surface area contributed by atoms with E-state index in [0.29, 0.717) is 24.3 Å². The number of benzene rings is 2. The van der Waals surface area contributed by atoms with Gasteiger partial charge in [0.05, 0.1) is 6.61 Å². The average Bonchev–Trinajstić information content (AvgIpc) is 2.91. The molecule has 0 amide bonds. The maximum atomic E-state index is 13.7. The first-order valence-corrected chi connectivity index (χ1v) is 13.9. The summed E-state index contributed by atoms with van der Waals surface area (Å²) in [6.07, 6.45) is 1.30. The van der Waals surface area contributed by atoms with Gasteiger partial charge in [-0.15, -0.1) is 0 Å². The molecule has 0 aliphatic carbocycles. The number of nitrogens with zero attached hydrogens (tertiary/aromatic N) is 3. The van der Waals surface area contributed by atoms with Crippen molar-refractivity contribution in [3.8, 4) is 17.6 Å². The maximum absolute atomic E-state index is 13.7. The number of ether oxygens (including phenoxy) is 1. The van der Waals surface area contributed by atoms with Crippen molar-refractivity contribution in [2.45, 2.75) is 37.4 Å². The number of aromatic nitrogens is 1. The molecule has 3 aromatic rings. The molecule has 7 nitrogen and oxygen atoms in total. The predicted molar refractivity (Wildman–Crippen MR) is 143 cm³/mol. The van der Waals surface area contributed by atoms with E-state index in [1.165, 1.54) is 22.5 Å². The highest BCUT2D eigenvalue weighted by atomic mass is 32.2. The summed E-state index contributed by atoms with van der Waals surface area (Å²) >= 11 is 0. The molecule has 0 radical (unpaired) electrons. The Balaban J connectivity index is 1.68. The minimum Gasteiger partial charge on any atom is -0.487 e. The zero-order chi connectivity index (χ0) is 27.3.